The van der Waals surface area contributed by atoms with Crippen LogP contribution in [-0.2, 0) is 19.4 Å². The number of hydrogen-bond donors (Lipinski definition) is 1. The molecule has 4 heteroatoms. The van der Waals surface area contributed by atoms with Crippen LogP contribution in [0.15, 0.2) is 30.6 Å². The third kappa shape index (κ3) is 1.71. The molecule has 1 aromatic carbocycles. The van der Waals surface area contributed by atoms with Gasteiger partial charge in [-0.15, -0.1) is 0 Å². The van der Waals surface area contributed by atoms with Crippen LogP contribution in [0.5, 0.6) is 0 Å². The Kier molecular flexibility index (Phi) is 2.48. The van der Waals surface area contributed by atoms with Crippen molar-refractivity contribution in [2.24, 2.45) is 0 Å². The molecule has 2 aromatic rings. The Morgan fingerprint density at radius 2 is 2.05 bits per heavy atom. The minimum absolute atomic E-state index is 0.861. The number of aromatic nitrogens is 2. The van der Waals surface area contributed by atoms with Crippen molar-refractivity contribution < 1.29 is 0 Å². The van der Waals surface area contributed by atoms with Gasteiger partial charge in [-0.2, -0.15) is 0 Å². The third-order valence-electron chi connectivity index (χ3n) is 4.00. The quantitative estimate of drug-likeness (QED) is 0.840. The highest BCUT2D eigenvalue weighted by atomic mass is 15.2. The van der Waals surface area contributed by atoms with E-state index in [0.29, 0.717) is 0 Å². The van der Waals surface area contributed by atoms with Crippen LogP contribution in [0.2, 0.25) is 0 Å². The highest BCUT2D eigenvalue weighted by molar-refractivity contribution is 5.69. The summed E-state index contributed by atoms with van der Waals surface area (Å²) in [4.78, 5) is 11.3. The van der Waals surface area contributed by atoms with Gasteiger partial charge in [-0.1, -0.05) is 18.2 Å². The molecule has 0 aliphatic carbocycles. The molecule has 0 unspecified atom stereocenters. The number of nitrogens with zero attached hydrogens (tertiary/aromatic N) is 3. The van der Waals surface area contributed by atoms with Crippen LogP contribution in [0.4, 0.5) is 11.5 Å². The van der Waals surface area contributed by atoms with Gasteiger partial charge in [0.05, 0.1) is 5.69 Å². The smallest absolute Gasteiger partial charge is 0.139 e. The Morgan fingerprint density at radius 1 is 1.11 bits per heavy atom. The molecule has 0 bridgehead atoms. The molecule has 2 aliphatic rings. The van der Waals surface area contributed by atoms with E-state index in [0.717, 1.165) is 44.0 Å². The third-order valence-corrected chi connectivity index (χ3v) is 4.00. The summed E-state index contributed by atoms with van der Waals surface area (Å²) in [6, 6.07) is 8.62. The average molecular weight is 252 g/mol. The number of fused-ring (bicyclic) bond motifs is 2. The summed E-state index contributed by atoms with van der Waals surface area (Å²) < 4.78 is 0. The molecule has 0 atom stereocenters. The van der Waals surface area contributed by atoms with E-state index in [2.05, 4.69) is 44.5 Å². The first-order valence-electron chi connectivity index (χ1n) is 6.82. The molecule has 96 valence electrons. The van der Waals surface area contributed by atoms with Crippen molar-refractivity contribution >= 4 is 11.5 Å². The molecular formula is C15H16N4. The van der Waals surface area contributed by atoms with Gasteiger partial charge in [-0.3, -0.25) is 0 Å². The number of anilines is 2. The highest BCUT2D eigenvalue weighted by Gasteiger charge is 2.25. The van der Waals surface area contributed by atoms with E-state index >= 15 is 0 Å². The van der Waals surface area contributed by atoms with Gasteiger partial charge >= 0.3 is 0 Å². The molecule has 1 aromatic heterocycles. The summed E-state index contributed by atoms with van der Waals surface area (Å²) in [5.41, 5.74) is 5.20. The maximum Gasteiger partial charge on any atom is 0.139 e. The van der Waals surface area contributed by atoms with Gasteiger partial charge in [-0.25, -0.2) is 9.97 Å². The number of benzene rings is 1. The second-order valence-electron chi connectivity index (χ2n) is 5.08. The van der Waals surface area contributed by atoms with Crippen molar-refractivity contribution in [3.05, 3.63) is 47.4 Å². The first-order chi connectivity index (χ1) is 9.43. The van der Waals surface area contributed by atoms with Crippen LogP contribution in [0.25, 0.3) is 0 Å². The second-order valence-corrected chi connectivity index (χ2v) is 5.08. The zero-order valence-electron chi connectivity index (χ0n) is 10.8. The minimum Gasteiger partial charge on any atom is -0.325 e. The number of rotatable bonds is 1. The SMILES string of the molecule is c1ccc2c(c1)CCN2c1ncnc2c1CCNC2. The molecule has 0 fully saturated rings. The van der Waals surface area contributed by atoms with E-state index < -0.39 is 0 Å². The molecule has 4 rings (SSSR count). The molecule has 0 radical (unpaired) electrons. The lowest BCUT2D eigenvalue weighted by molar-refractivity contribution is 0.622. The lowest BCUT2D eigenvalue weighted by atomic mass is 10.1. The minimum atomic E-state index is 0.861. The van der Waals surface area contributed by atoms with E-state index in [9.17, 15) is 0 Å². The predicted octanol–water partition coefficient (Wildman–Crippen LogP) is 1.82. The normalized spacial score (nSPS) is 17.2. The van der Waals surface area contributed by atoms with Crippen LogP contribution in [-0.4, -0.2) is 23.1 Å². The molecule has 1 N–H and O–H groups in total. The van der Waals surface area contributed by atoms with Crippen molar-refractivity contribution in [3.63, 3.8) is 0 Å². The van der Waals surface area contributed by atoms with Crippen molar-refractivity contribution in [1.82, 2.24) is 15.3 Å². The van der Waals surface area contributed by atoms with E-state index in [1.54, 1.807) is 6.33 Å². The van der Waals surface area contributed by atoms with Crippen molar-refractivity contribution in [2.75, 3.05) is 18.0 Å². The standard InChI is InChI=1S/C15H16N4/c1-2-4-14-11(3-1)6-8-19(14)15-12-5-7-16-9-13(12)17-10-18-15/h1-4,10,16H,5-9H2. The monoisotopic (exact) mass is 252 g/mol. The zero-order valence-corrected chi connectivity index (χ0v) is 10.8. The molecule has 0 amide bonds. The molecule has 19 heavy (non-hydrogen) atoms. The van der Waals surface area contributed by atoms with Gasteiger partial charge in [-0.05, 0) is 31.0 Å². The molecular weight excluding hydrogens is 236 g/mol. The van der Waals surface area contributed by atoms with Gasteiger partial charge in [0.2, 0.25) is 0 Å². The second kappa shape index (κ2) is 4.31. The van der Waals surface area contributed by atoms with Gasteiger partial charge in [0.1, 0.15) is 12.1 Å². The summed E-state index contributed by atoms with van der Waals surface area (Å²) in [7, 11) is 0. The maximum atomic E-state index is 4.56. The summed E-state index contributed by atoms with van der Waals surface area (Å²) in [6.45, 7) is 2.90. The Balaban J connectivity index is 1.82. The van der Waals surface area contributed by atoms with Gasteiger partial charge in [0, 0.05) is 24.3 Å². The average Bonchev–Trinajstić information content (AvgIpc) is 2.90. The van der Waals surface area contributed by atoms with Gasteiger partial charge < -0.3 is 10.2 Å². The van der Waals surface area contributed by atoms with Crippen molar-refractivity contribution in [2.45, 2.75) is 19.4 Å². The summed E-state index contributed by atoms with van der Waals surface area (Å²) in [6.07, 6.45) is 3.82. The Labute approximate surface area is 112 Å². The molecule has 0 saturated heterocycles. The van der Waals surface area contributed by atoms with Crippen LogP contribution in [0.1, 0.15) is 16.8 Å². The Morgan fingerprint density at radius 3 is 3.05 bits per heavy atom. The number of nitrogens with one attached hydrogen (secondary N) is 1. The van der Waals surface area contributed by atoms with Crippen LogP contribution in [0, 0.1) is 0 Å². The molecule has 0 saturated carbocycles. The number of hydrogen-bond acceptors (Lipinski definition) is 4. The summed E-state index contributed by atoms with van der Waals surface area (Å²) >= 11 is 0. The first-order valence-corrected chi connectivity index (χ1v) is 6.82. The fraction of sp³-hybridized carbons (Fsp3) is 0.333. The molecule has 2 aliphatic heterocycles. The predicted molar refractivity (Wildman–Crippen MR) is 74.6 cm³/mol. The van der Waals surface area contributed by atoms with Crippen LogP contribution < -0.4 is 10.2 Å². The summed E-state index contributed by atoms with van der Waals surface area (Å²) in [5.74, 6) is 1.11. The van der Waals surface area contributed by atoms with Crippen LogP contribution in [0.3, 0.4) is 0 Å². The Hall–Kier alpha value is -1.94. The fourth-order valence-electron chi connectivity index (χ4n) is 3.06. The fourth-order valence-corrected chi connectivity index (χ4v) is 3.06. The first kappa shape index (κ1) is 10.9. The van der Waals surface area contributed by atoms with Crippen LogP contribution >= 0.6 is 0 Å². The maximum absolute atomic E-state index is 4.56. The molecule has 4 nitrogen and oxygen atoms in total. The largest absolute Gasteiger partial charge is 0.325 e. The number of para-hydroxylation sites is 1. The van der Waals surface area contributed by atoms with Crippen molar-refractivity contribution in [3.8, 4) is 0 Å². The zero-order chi connectivity index (χ0) is 12.7. The van der Waals surface area contributed by atoms with Gasteiger partial charge in [0.15, 0.2) is 0 Å². The molecule has 0 spiro atoms. The van der Waals surface area contributed by atoms with E-state index in [4.69, 9.17) is 0 Å². The van der Waals surface area contributed by atoms with E-state index in [-0.39, 0.29) is 0 Å². The van der Waals surface area contributed by atoms with Gasteiger partial charge in [0.25, 0.3) is 0 Å². The highest BCUT2D eigenvalue weighted by Crippen LogP contribution is 2.35. The van der Waals surface area contributed by atoms with E-state index in [1.807, 2.05) is 0 Å². The van der Waals surface area contributed by atoms with E-state index in [1.165, 1.54) is 16.8 Å². The molecule has 3 heterocycles. The lowest BCUT2D eigenvalue weighted by Crippen LogP contribution is -2.28. The topological polar surface area (TPSA) is 41.1 Å². The van der Waals surface area contributed by atoms with Crippen molar-refractivity contribution in [1.29, 1.82) is 0 Å². The summed E-state index contributed by atoms with van der Waals surface area (Å²) in [5, 5.41) is 3.37. The lowest BCUT2D eigenvalue weighted by Gasteiger charge is -2.25. The Bertz CT molecular complexity index is 623.